The molecule has 0 heteroatoms. The van der Waals surface area contributed by atoms with Crippen LogP contribution in [0.25, 0.3) is 33.7 Å². The van der Waals surface area contributed by atoms with Gasteiger partial charge in [-0.3, -0.25) is 0 Å². The Morgan fingerprint density at radius 3 is 1.83 bits per heavy atom. The normalized spacial score (nSPS) is 14.1. The van der Waals surface area contributed by atoms with Crippen LogP contribution in [0.15, 0.2) is 78.9 Å². The standard InChI is InChI=1S/C29H30/c1-5-29(4,21(2)3)25-17-14-22(15-18-25)16-19-28-26-12-8-6-10-23(26)20-24-11-7-9-13-27(24)28/h6-21H,5H2,1-4H3/b19-16-. The monoisotopic (exact) mass is 378 g/mol. The fourth-order valence-electron chi connectivity index (χ4n) is 4.33. The molecule has 0 radical (unpaired) electrons. The van der Waals surface area contributed by atoms with Crippen LogP contribution in [0.4, 0.5) is 0 Å². The molecule has 0 aromatic heterocycles. The predicted molar refractivity (Wildman–Crippen MR) is 129 cm³/mol. The van der Waals surface area contributed by atoms with E-state index in [4.69, 9.17) is 0 Å². The van der Waals surface area contributed by atoms with E-state index in [1.54, 1.807) is 0 Å². The van der Waals surface area contributed by atoms with Crippen LogP contribution in [-0.2, 0) is 5.41 Å². The van der Waals surface area contributed by atoms with Crippen molar-refractivity contribution < 1.29 is 0 Å². The average molecular weight is 379 g/mol. The molecule has 1 unspecified atom stereocenters. The smallest absolute Gasteiger partial charge is 0.00549 e. The van der Waals surface area contributed by atoms with Gasteiger partial charge in [0, 0.05) is 0 Å². The van der Waals surface area contributed by atoms with Crippen LogP contribution < -0.4 is 0 Å². The Morgan fingerprint density at radius 2 is 1.31 bits per heavy atom. The lowest BCUT2D eigenvalue weighted by Gasteiger charge is -2.33. The molecule has 146 valence electrons. The summed E-state index contributed by atoms with van der Waals surface area (Å²) >= 11 is 0. The van der Waals surface area contributed by atoms with E-state index in [0.717, 1.165) is 6.42 Å². The van der Waals surface area contributed by atoms with Gasteiger partial charge in [0.25, 0.3) is 0 Å². The SMILES string of the molecule is CCC(C)(c1ccc(/C=C\c2c3ccccc3cc3ccccc23)cc1)C(C)C. The van der Waals surface area contributed by atoms with E-state index in [0.29, 0.717) is 5.92 Å². The van der Waals surface area contributed by atoms with E-state index in [1.807, 2.05) is 0 Å². The summed E-state index contributed by atoms with van der Waals surface area (Å²) in [6, 6.07) is 28.7. The maximum Gasteiger partial charge on any atom is -0.00549 e. The van der Waals surface area contributed by atoms with Crippen molar-refractivity contribution in [3.63, 3.8) is 0 Å². The molecular weight excluding hydrogens is 348 g/mol. The molecular formula is C29H30. The molecule has 0 aliphatic heterocycles. The van der Waals surface area contributed by atoms with E-state index in [-0.39, 0.29) is 5.41 Å². The molecule has 0 saturated heterocycles. The van der Waals surface area contributed by atoms with Crippen LogP contribution >= 0.6 is 0 Å². The van der Waals surface area contributed by atoms with Crippen LogP contribution in [-0.4, -0.2) is 0 Å². The highest BCUT2D eigenvalue weighted by molar-refractivity contribution is 6.07. The van der Waals surface area contributed by atoms with Crippen LogP contribution in [0.3, 0.4) is 0 Å². The molecule has 0 N–H and O–H groups in total. The minimum atomic E-state index is 0.230. The van der Waals surface area contributed by atoms with Gasteiger partial charge >= 0.3 is 0 Å². The number of hydrogen-bond donors (Lipinski definition) is 0. The van der Waals surface area contributed by atoms with Crippen LogP contribution in [0.1, 0.15) is 50.8 Å². The second kappa shape index (κ2) is 7.87. The van der Waals surface area contributed by atoms with Crippen LogP contribution in [0.5, 0.6) is 0 Å². The Hall–Kier alpha value is -2.86. The van der Waals surface area contributed by atoms with Gasteiger partial charge in [-0.1, -0.05) is 113 Å². The summed E-state index contributed by atoms with van der Waals surface area (Å²) in [6.07, 6.45) is 5.68. The van der Waals surface area contributed by atoms with Crippen molar-refractivity contribution >= 4 is 33.7 Å². The fourth-order valence-corrected chi connectivity index (χ4v) is 4.33. The minimum Gasteiger partial charge on any atom is -0.0645 e. The minimum absolute atomic E-state index is 0.230. The van der Waals surface area contributed by atoms with Crippen molar-refractivity contribution in [2.24, 2.45) is 5.92 Å². The van der Waals surface area contributed by atoms with E-state index < -0.39 is 0 Å². The number of hydrogen-bond acceptors (Lipinski definition) is 0. The zero-order valence-corrected chi connectivity index (χ0v) is 17.9. The summed E-state index contributed by atoms with van der Waals surface area (Å²) in [5.74, 6) is 0.621. The molecule has 0 fully saturated rings. The van der Waals surface area contributed by atoms with Crippen molar-refractivity contribution in [3.8, 4) is 0 Å². The maximum atomic E-state index is 2.38. The summed E-state index contributed by atoms with van der Waals surface area (Å²) in [7, 11) is 0. The molecule has 0 aliphatic rings. The molecule has 1 atom stereocenters. The van der Waals surface area contributed by atoms with Gasteiger partial charge in [0.05, 0.1) is 0 Å². The Labute approximate surface area is 174 Å². The van der Waals surface area contributed by atoms with Gasteiger partial charge in [0.1, 0.15) is 0 Å². The highest BCUT2D eigenvalue weighted by atomic mass is 14.3. The summed E-state index contributed by atoms with van der Waals surface area (Å²) in [6.45, 7) is 9.32. The third-order valence-electron chi connectivity index (χ3n) is 6.83. The Bertz CT molecular complexity index is 1110. The molecule has 0 nitrogen and oxygen atoms in total. The highest BCUT2D eigenvalue weighted by Gasteiger charge is 2.27. The zero-order valence-electron chi connectivity index (χ0n) is 17.9. The van der Waals surface area contributed by atoms with Crippen LogP contribution in [0.2, 0.25) is 0 Å². The average Bonchev–Trinajstić information content (AvgIpc) is 2.76. The quantitative estimate of drug-likeness (QED) is 0.241. The molecule has 0 heterocycles. The first-order valence-corrected chi connectivity index (χ1v) is 10.7. The third kappa shape index (κ3) is 3.60. The summed E-state index contributed by atoms with van der Waals surface area (Å²) < 4.78 is 0. The van der Waals surface area contributed by atoms with Crippen LogP contribution in [0, 0.1) is 5.92 Å². The zero-order chi connectivity index (χ0) is 20.4. The topological polar surface area (TPSA) is 0 Å². The molecule has 4 aromatic rings. The molecule has 0 aliphatic carbocycles. The first kappa shape index (κ1) is 19.5. The van der Waals surface area contributed by atoms with Gasteiger partial charge in [-0.15, -0.1) is 0 Å². The first-order valence-electron chi connectivity index (χ1n) is 10.7. The number of benzene rings is 4. The molecule has 4 aromatic carbocycles. The van der Waals surface area contributed by atoms with E-state index in [9.17, 15) is 0 Å². The van der Waals surface area contributed by atoms with E-state index in [1.165, 1.54) is 38.2 Å². The van der Waals surface area contributed by atoms with Gasteiger partial charge in [-0.25, -0.2) is 0 Å². The predicted octanol–water partition coefficient (Wildman–Crippen LogP) is 8.49. The molecule has 4 rings (SSSR count). The van der Waals surface area contributed by atoms with Crippen molar-refractivity contribution in [3.05, 3.63) is 95.6 Å². The summed E-state index contributed by atoms with van der Waals surface area (Å²) in [5, 5.41) is 5.18. The Kier molecular flexibility index (Phi) is 5.28. The largest absolute Gasteiger partial charge is 0.0645 e. The molecule has 0 amide bonds. The van der Waals surface area contributed by atoms with Crippen molar-refractivity contribution in [2.45, 2.75) is 39.5 Å². The van der Waals surface area contributed by atoms with E-state index >= 15 is 0 Å². The van der Waals surface area contributed by atoms with Gasteiger partial charge in [0.2, 0.25) is 0 Å². The van der Waals surface area contributed by atoms with Gasteiger partial charge in [-0.2, -0.15) is 0 Å². The lowest BCUT2D eigenvalue weighted by molar-refractivity contribution is 0.326. The molecule has 0 saturated carbocycles. The van der Waals surface area contributed by atoms with Gasteiger partial charge in [0.15, 0.2) is 0 Å². The second-order valence-electron chi connectivity index (χ2n) is 8.61. The second-order valence-corrected chi connectivity index (χ2v) is 8.61. The summed E-state index contributed by atoms with van der Waals surface area (Å²) in [4.78, 5) is 0. The Balaban J connectivity index is 1.75. The maximum absolute atomic E-state index is 2.38. The molecule has 0 bridgehead atoms. The third-order valence-corrected chi connectivity index (χ3v) is 6.83. The lowest BCUT2D eigenvalue weighted by atomic mass is 9.71. The number of fused-ring (bicyclic) bond motifs is 2. The first-order chi connectivity index (χ1) is 14.0. The molecule has 0 spiro atoms. The number of rotatable bonds is 5. The molecule has 29 heavy (non-hydrogen) atoms. The van der Waals surface area contributed by atoms with Gasteiger partial charge in [-0.05, 0) is 62.1 Å². The Morgan fingerprint density at radius 1 is 0.759 bits per heavy atom. The van der Waals surface area contributed by atoms with Crippen molar-refractivity contribution in [1.29, 1.82) is 0 Å². The lowest BCUT2D eigenvalue weighted by Crippen LogP contribution is -2.27. The highest BCUT2D eigenvalue weighted by Crippen LogP contribution is 2.35. The van der Waals surface area contributed by atoms with Crippen molar-refractivity contribution in [2.75, 3.05) is 0 Å². The fraction of sp³-hybridized carbons (Fsp3) is 0.241. The van der Waals surface area contributed by atoms with Crippen molar-refractivity contribution in [1.82, 2.24) is 0 Å². The van der Waals surface area contributed by atoms with Gasteiger partial charge < -0.3 is 0 Å². The summed E-state index contributed by atoms with van der Waals surface area (Å²) in [5.41, 5.74) is 4.20. The van der Waals surface area contributed by atoms with E-state index in [2.05, 4.69) is 119 Å².